The number of nitriles is 1. The lowest BCUT2D eigenvalue weighted by atomic mass is 10.0. The van der Waals surface area contributed by atoms with E-state index in [1.54, 1.807) is 30.3 Å². The molecule has 0 heterocycles. The molecule has 24 heavy (non-hydrogen) atoms. The molecule has 0 spiro atoms. The Balaban J connectivity index is 2.70. The second-order valence-corrected chi connectivity index (χ2v) is 5.12. The van der Waals surface area contributed by atoms with Gasteiger partial charge in [0.1, 0.15) is 11.6 Å². The largest absolute Gasteiger partial charge is 0.457 e. The fourth-order valence-corrected chi connectivity index (χ4v) is 2.00. The summed E-state index contributed by atoms with van der Waals surface area (Å²) in [6, 6.07) is 10.0. The van der Waals surface area contributed by atoms with Crippen LogP contribution < -0.4 is 11.1 Å². The first-order valence-corrected chi connectivity index (χ1v) is 7.22. The van der Waals surface area contributed by atoms with E-state index in [1.807, 2.05) is 6.07 Å². The zero-order chi connectivity index (χ0) is 18.1. The summed E-state index contributed by atoms with van der Waals surface area (Å²) in [4.78, 5) is 35.0. The molecule has 0 fully saturated rings. The summed E-state index contributed by atoms with van der Waals surface area (Å²) < 4.78 is 4.89. The van der Waals surface area contributed by atoms with Crippen LogP contribution in [0, 0.1) is 11.3 Å². The summed E-state index contributed by atoms with van der Waals surface area (Å²) in [5.74, 6) is -1.62. The second kappa shape index (κ2) is 9.10. The van der Waals surface area contributed by atoms with Gasteiger partial charge in [-0.15, -0.1) is 0 Å². The molecule has 1 rings (SSSR count). The van der Waals surface area contributed by atoms with E-state index in [2.05, 4.69) is 5.32 Å². The SMILES string of the molecule is CC(=O)N[C@@H](CC(=O)OCC(=O)/C(C#N)=C(\C)N)c1ccccc1. The lowest BCUT2D eigenvalue weighted by molar-refractivity contribution is -0.147. The number of allylic oxidation sites excluding steroid dienone is 1. The number of ether oxygens (including phenoxy) is 1. The Hall–Kier alpha value is -3.14. The van der Waals surface area contributed by atoms with Crippen LogP contribution in [0.4, 0.5) is 0 Å². The molecule has 0 radical (unpaired) electrons. The molecule has 1 aromatic carbocycles. The van der Waals surface area contributed by atoms with Crippen LogP contribution in [-0.4, -0.2) is 24.3 Å². The quantitative estimate of drug-likeness (QED) is 0.439. The summed E-state index contributed by atoms with van der Waals surface area (Å²) in [6.45, 7) is 2.19. The van der Waals surface area contributed by atoms with Crippen molar-refractivity contribution in [1.82, 2.24) is 5.32 Å². The smallest absolute Gasteiger partial charge is 0.308 e. The first-order chi connectivity index (χ1) is 11.3. The number of carbonyl (C=O) groups is 3. The van der Waals surface area contributed by atoms with Gasteiger partial charge in [-0.2, -0.15) is 5.26 Å². The standard InChI is InChI=1S/C17H19N3O4/c1-11(19)14(9-18)16(22)10-24-17(23)8-15(20-12(2)21)13-6-4-3-5-7-13/h3-7,15H,8,10,19H2,1-2H3,(H,20,21)/b14-11+/t15-/m0/s1. The van der Waals surface area contributed by atoms with Crippen LogP contribution in [0.25, 0.3) is 0 Å². The Kier molecular flexibility index (Phi) is 7.17. The number of Topliss-reactive ketones (excluding diaryl/α,β-unsaturated/α-hetero) is 1. The van der Waals surface area contributed by atoms with Crippen molar-refractivity contribution < 1.29 is 19.1 Å². The van der Waals surface area contributed by atoms with Gasteiger partial charge in [-0.05, 0) is 12.5 Å². The molecule has 126 valence electrons. The highest BCUT2D eigenvalue weighted by Crippen LogP contribution is 2.17. The molecule has 1 aromatic rings. The number of benzene rings is 1. The van der Waals surface area contributed by atoms with Gasteiger partial charge >= 0.3 is 5.97 Å². The molecule has 0 aliphatic heterocycles. The topological polar surface area (TPSA) is 122 Å². The van der Waals surface area contributed by atoms with Crippen molar-refractivity contribution in [2.24, 2.45) is 5.73 Å². The third-order valence-corrected chi connectivity index (χ3v) is 3.10. The molecular formula is C17H19N3O4. The van der Waals surface area contributed by atoms with Crippen LogP contribution in [0.1, 0.15) is 31.9 Å². The van der Waals surface area contributed by atoms with Crippen LogP contribution in [0.2, 0.25) is 0 Å². The maximum atomic E-state index is 11.9. The zero-order valence-corrected chi connectivity index (χ0v) is 13.5. The van der Waals surface area contributed by atoms with E-state index in [-0.39, 0.29) is 23.6 Å². The van der Waals surface area contributed by atoms with Crippen molar-refractivity contribution >= 4 is 17.7 Å². The molecule has 1 amide bonds. The third-order valence-electron chi connectivity index (χ3n) is 3.10. The number of hydrogen-bond donors (Lipinski definition) is 2. The van der Waals surface area contributed by atoms with Crippen molar-refractivity contribution in [3.63, 3.8) is 0 Å². The van der Waals surface area contributed by atoms with Gasteiger partial charge in [-0.1, -0.05) is 30.3 Å². The predicted molar refractivity (Wildman–Crippen MR) is 86.1 cm³/mol. The van der Waals surface area contributed by atoms with E-state index in [0.29, 0.717) is 0 Å². The summed E-state index contributed by atoms with van der Waals surface area (Å²) in [7, 11) is 0. The number of ketones is 1. The van der Waals surface area contributed by atoms with Crippen molar-refractivity contribution in [2.45, 2.75) is 26.3 Å². The van der Waals surface area contributed by atoms with Gasteiger partial charge < -0.3 is 15.8 Å². The Morgan fingerprint density at radius 2 is 1.88 bits per heavy atom. The molecule has 0 aliphatic carbocycles. The highest BCUT2D eigenvalue weighted by Gasteiger charge is 2.20. The average Bonchev–Trinajstić information content (AvgIpc) is 2.53. The molecule has 0 saturated carbocycles. The van der Waals surface area contributed by atoms with Crippen LogP contribution in [0.5, 0.6) is 0 Å². The molecular weight excluding hydrogens is 310 g/mol. The van der Waals surface area contributed by atoms with Crippen molar-refractivity contribution in [2.75, 3.05) is 6.61 Å². The Labute approximate surface area is 140 Å². The van der Waals surface area contributed by atoms with E-state index in [9.17, 15) is 14.4 Å². The van der Waals surface area contributed by atoms with Crippen LogP contribution in [-0.2, 0) is 19.1 Å². The number of carbonyl (C=O) groups excluding carboxylic acids is 3. The molecule has 3 N–H and O–H groups in total. The number of nitrogens with zero attached hydrogens (tertiary/aromatic N) is 1. The second-order valence-electron chi connectivity index (χ2n) is 5.12. The molecule has 1 atom stereocenters. The summed E-state index contributed by atoms with van der Waals surface area (Å²) in [5.41, 5.74) is 5.99. The number of esters is 1. The van der Waals surface area contributed by atoms with Crippen LogP contribution >= 0.6 is 0 Å². The first-order valence-electron chi connectivity index (χ1n) is 7.22. The minimum Gasteiger partial charge on any atom is -0.457 e. The van der Waals surface area contributed by atoms with Crippen LogP contribution in [0.3, 0.4) is 0 Å². The highest BCUT2D eigenvalue weighted by molar-refractivity contribution is 6.01. The fraction of sp³-hybridized carbons (Fsp3) is 0.294. The maximum absolute atomic E-state index is 11.9. The third kappa shape index (κ3) is 5.93. The van der Waals surface area contributed by atoms with Crippen LogP contribution in [0.15, 0.2) is 41.6 Å². The molecule has 0 unspecified atom stereocenters. The molecule has 7 heteroatoms. The molecule has 0 bridgehead atoms. The van der Waals surface area contributed by atoms with E-state index in [0.717, 1.165) is 5.56 Å². The lowest BCUT2D eigenvalue weighted by Crippen LogP contribution is -2.29. The summed E-state index contributed by atoms with van der Waals surface area (Å²) in [5, 5.41) is 11.5. The van der Waals surface area contributed by atoms with Crippen molar-refractivity contribution in [3.8, 4) is 6.07 Å². The van der Waals surface area contributed by atoms with Crippen molar-refractivity contribution in [1.29, 1.82) is 5.26 Å². The van der Waals surface area contributed by atoms with E-state index in [4.69, 9.17) is 15.7 Å². The monoisotopic (exact) mass is 329 g/mol. The minimum absolute atomic E-state index is 0.0685. The minimum atomic E-state index is -0.669. The molecule has 0 saturated heterocycles. The van der Waals surface area contributed by atoms with Gasteiger partial charge in [-0.25, -0.2) is 0 Å². The molecule has 0 aliphatic rings. The van der Waals surface area contributed by atoms with Crippen molar-refractivity contribution in [3.05, 3.63) is 47.2 Å². The maximum Gasteiger partial charge on any atom is 0.308 e. The predicted octanol–water partition coefficient (Wildman–Crippen LogP) is 1.12. The normalized spacial score (nSPS) is 12.4. The van der Waals surface area contributed by atoms with Gasteiger partial charge in [-0.3, -0.25) is 14.4 Å². The van der Waals surface area contributed by atoms with E-state index < -0.39 is 24.4 Å². The Morgan fingerprint density at radius 3 is 2.38 bits per heavy atom. The van der Waals surface area contributed by atoms with Gasteiger partial charge in [0.15, 0.2) is 6.61 Å². The van der Waals surface area contributed by atoms with Gasteiger partial charge in [0.05, 0.1) is 12.5 Å². The van der Waals surface area contributed by atoms with Gasteiger partial charge in [0, 0.05) is 12.6 Å². The highest BCUT2D eigenvalue weighted by atomic mass is 16.5. The van der Waals surface area contributed by atoms with Gasteiger partial charge in [0.2, 0.25) is 11.7 Å². The van der Waals surface area contributed by atoms with Gasteiger partial charge in [0.25, 0.3) is 0 Å². The summed E-state index contributed by atoms with van der Waals surface area (Å²) >= 11 is 0. The fourth-order valence-electron chi connectivity index (χ4n) is 2.00. The molecule has 0 aromatic heterocycles. The summed E-state index contributed by atoms with van der Waals surface area (Å²) in [6.07, 6.45) is -0.135. The Morgan fingerprint density at radius 1 is 1.25 bits per heavy atom. The number of hydrogen-bond acceptors (Lipinski definition) is 6. The Bertz CT molecular complexity index is 686. The lowest BCUT2D eigenvalue weighted by Gasteiger charge is -2.17. The average molecular weight is 329 g/mol. The van der Waals surface area contributed by atoms with E-state index >= 15 is 0 Å². The first kappa shape index (κ1) is 18.9. The number of rotatable bonds is 7. The zero-order valence-electron chi connectivity index (χ0n) is 13.5. The number of nitrogens with two attached hydrogens (primary N) is 1. The number of nitrogens with one attached hydrogen (secondary N) is 1. The number of amides is 1. The molecule has 7 nitrogen and oxygen atoms in total. The van der Waals surface area contributed by atoms with E-state index in [1.165, 1.54) is 13.8 Å².